The molecule has 1 atom stereocenters. The molecular formula is C17H17N3O3S. The van der Waals surface area contributed by atoms with Crippen LogP contribution in [0, 0.1) is 0 Å². The van der Waals surface area contributed by atoms with E-state index >= 15 is 0 Å². The maximum atomic E-state index is 12.9. The van der Waals surface area contributed by atoms with Crippen molar-refractivity contribution in [3.63, 3.8) is 0 Å². The predicted molar refractivity (Wildman–Crippen MR) is 90.3 cm³/mol. The van der Waals surface area contributed by atoms with Crippen LogP contribution in [0.2, 0.25) is 0 Å². The zero-order chi connectivity index (χ0) is 16.6. The Morgan fingerprint density at radius 1 is 1.21 bits per heavy atom. The summed E-state index contributed by atoms with van der Waals surface area (Å²) >= 11 is 0. The van der Waals surface area contributed by atoms with Crippen molar-refractivity contribution in [1.29, 1.82) is 0 Å². The van der Waals surface area contributed by atoms with Crippen molar-refractivity contribution < 1.29 is 13.2 Å². The molecule has 124 valence electrons. The Morgan fingerprint density at radius 2 is 2.08 bits per heavy atom. The molecule has 2 aromatic heterocycles. The van der Waals surface area contributed by atoms with Gasteiger partial charge in [-0.05, 0) is 31.0 Å². The summed E-state index contributed by atoms with van der Waals surface area (Å²) in [5.74, 6) is 0.739. The second-order valence-corrected chi connectivity index (χ2v) is 7.44. The minimum atomic E-state index is -3.68. The van der Waals surface area contributed by atoms with Crippen molar-refractivity contribution in [1.82, 2.24) is 14.7 Å². The van der Waals surface area contributed by atoms with Gasteiger partial charge < -0.3 is 9.72 Å². The van der Waals surface area contributed by atoms with Gasteiger partial charge in [-0.1, -0.05) is 18.2 Å². The average molecular weight is 343 g/mol. The fraction of sp³-hybridized carbons (Fsp3) is 0.235. The van der Waals surface area contributed by atoms with Crippen molar-refractivity contribution >= 4 is 21.1 Å². The number of benzene rings is 1. The van der Waals surface area contributed by atoms with Crippen LogP contribution in [0.4, 0.5) is 0 Å². The lowest BCUT2D eigenvalue weighted by Gasteiger charge is -2.18. The van der Waals surface area contributed by atoms with E-state index in [1.54, 1.807) is 18.3 Å². The molecule has 2 N–H and O–H groups in total. The number of hydrogen-bond donors (Lipinski definition) is 2. The highest BCUT2D eigenvalue weighted by molar-refractivity contribution is 7.89. The highest BCUT2D eigenvalue weighted by Gasteiger charge is 2.27. The lowest BCUT2D eigenvalue weighted by Crippen LogP contribution is -2.28. The molecule has 6 nitrogen and oxygen atoms in total. The van der Waals surface area contributed by atoms with Gasteiger partial charge in [0.2, 0.25) is 10.0 Å². The molecule has 0 radical (unpaired) electrons. The Bertz CT molecular complexity index is 981. The van der Waals surface area contributed by atoms with Crippen molar-refractivity contribution in [3.05, 3.63) is 54.4 Å². The van der Waals surface area contributed by atoms with E-state index in [-0.39, 0.29) is 10.9 Å². The molecule has 7 heteroatoms. The SMILES string of the molecule is O=S(=O)(N[C@H]1CCCOc2ccccc21)c1c[nH]c2ncccc12. The number of sulfonamides is 1. The summed E-state index contributed by atoms with van der Waals surface area (Å²) in [6.45, 7) is 0.590. The number of aromatic nitrogens is 2. The molecule has 0 bridgehead atoms. The predicted octanol–water partition coefficient (Wildman–Crippen LogP) is 2.76. The third-order valence-electron chi connectivity index (χ3n) is 4.19. The molecule has 24 heavy (non-hydrogen) atoms. The van der Waals surface area contributed by atoms with E-state index in [1.165, 1.54) is 6.20 Å². The molecule has 1 aromatic carbocycles. The highest BCUT2D eigenvalue weighted by atomic mass is 32.2. The summed E-state index contributed by atoms with van der Waals surface area (Å²) in [6, 6.07) is 10.7. The van der Waals surface area contributed by atoms with Gasteiger partial charge in [0.15, 0.2) is 0 Å². The number of ether oxygens (including phenoxy) is 1. The molecule has 3 heterocycles. The second kappa shape index (κ2) is 5.92. The average Bonchev–Trinajstić information content (AvgIpc) is 2.93. The highest BCUT2D eigenvalue weighted by Crippen LogP contribution is 2.33. The van der Waals surface area contributed by atoms with E-state index < -0.39 is 10.0 Å². The molecule has 0 amide bonds. The number of nitrogens with zero attached hydrogens (tertiary/aromatic N) is 1. The largest absolute Gasteiger partial charge is 0.493 e. The minimum Gasteiger partial charge on any atom is -0.493 e. The van der Waals surface area contributed by atoms with Crippen LogP contribution in [-0.4, -0.2) is 25.0 Å². The number of para-hydroxylation sites is 1. The van der Waals surface area contributed by atoms with Gasteiger partial charge in [-0.3, -0.25) is 0 Å². The van der Waals surface area contributed by atoms with Crippen LogP contribution in [-0.2, 0) is 10.0 Å². The summed E-state index contributed by atoms with van der Waals surface area (Å²) in [6.07, 6.45) is 4.59. The topological polar surface area (TPSA) is 84.1 Å². The van der Waals surface area contributed by atoms with Crippen LogP contribution in [0.3, 0.4) is 0 Å². The smallest absolute Gasteiger partial charge is 0.243 e. The molecular weight excluding hydrogens is 326 g/mol. The van der Waals surface area contributed by atoms with Gasteiger partial charge in [0.1, 0.15) is 16.3 Å². The lowest BCUT2D eigenvalue weighted by atomic mass is 10.0. The van der Waals surface area contributed by atoms with Gasteiger partial charge in [-0.2, -0.15) is 0 Å². The minimum absolute atomic E-state index is 0.216. The Morgan fingerprint density at radius 3 is 3.00 bits per heavy atom. The third-order valence-corrected chi connectivity index (χ3v) is 5.70. The van der Waals surface area contributed by atoms with Crippen LogP contribution in [0.15, 0.2) is 53.7 Å². The van der Waals surface area contributed by atoms with Gasteiger partial charge in [0.25, 0.3) is 0 Å². The second-order valence-electron chi connectivity index (χ2n) is 5.75. The Kier molecular flexibility index (Phi) is 3.74. The maximum Gasteiger partial charge on any atom is 0.243 e. The molecule has 1 aliphatic heterocycles. The number of hydrogen-bond acceptors (Lipinski definition) is 4. The number of pyridine rings is 1. The quantitative estimate of drug-likeness (QED) is 0.766. The van der Waals surface area contributed by atoms with Gasteiger partial charge in [0, 0.05) is 23.3 Å². The van der Waals surface area contributed by atoms with Crippen molar-refractivity contribution in [3.8, 4) is 5.75 Å². The normalized spacial score (nSPS) is 17.9. The molecule has 0 unspecified atom stereocenters. The van der Waals surface area contributed by atoms with E-state index in [1.807, 2.05) is 24.3 Å². The van der Waals surface area contributed by atoms with Gasteiger partial charge in [0.05, 0.1) is 12.6 Å². The number of fused-ring (bicyclic) bond motifs is 2. The first-order valence-electron chi connectivity index (χ1n) is 7.81. The molecule has 0 saturated heterocycles. The van der Waals surface area contributed by atoms with Gasteiger partial charge in [-0.25, -0.2) is 18.1 Å². The molecule has 0 aliphatic carbocycles. The summed E-state index contributed by atoms with van der Waals surface area (Å²) in [7, 11) is -3.68. The van der Waals surface area contributed by atoms with E-state index in [4.69, 9.17) is 4.74 Å². The van der Waals surface area contributed by atoms with E-state index in [9.17, 15) is 8.42 Å². The lowest BCUT2D eigenvalue weighted by molar-refractivity contribution is 0.316. The van der Waals surface area contributed by atoms with Gasteiger partial charge >= 0.3 is 0 Å². The molecule has 0 saturated carbocycles. The van der Waals surface area contributed by atoms with Gasteiger partial charge in [-0.15, -0.1) is 0 Å². The zero-order valence-electron chi connectivity index (χ0n) is 12.9. The van der Waals surface area contributed by atoms with E-state index in [0.717, 1.165) is 17.7 Å². The Balaban J connectivity index is 1.72. The third kappa shape index (κ3) is 2.65. The van der Waals surface area contributed by atoms with Crippen LogP contribution in [0.5, 0.6) is 5.75 Å². The number of rotatable bonds is 3. The monoisotopic (exact) mass is 343 g/mol. The summed E-state index contributed by atoms with van der Waals surface area (Å²) < 4.78 is 34.3. The number of nitrogens with one attached hydrogen (secondary N) is 2. The molecule has 1 aliphatic rings. The fourth-order valence-corrected chi connectivity index (χ4v) is 4.47. The van der Waals surface area contributed by atoms with E-state index in [2.05, 4.69) is 14.7 Å². The van der Waals surface area contributed by atoms with Crippen molar-refractivity contribution in [2.24, 2.45) is 0 Å². The van der Waals surface area contributed by atoms with E-state index in [0.29, 0.717) is 24.1 Å². The molecule has 3 aromatic rings. The zero-order valence-corrected chi connectivity index (χ0v) is 13.7. The maximum absolute atomic E-state index is 12.9. The van der Waals surface area contributed by atoms with Crippen LogP contribution < -0.4 is 9.46 Å². The van der Waals surface area contributed by atoms with Crippen LogP contribution >= 0.6 is 0 Å². The Hall–Kier alpha value is -2.38. The molecule has 0 spiro atoms. The number of aromatic amines is 1. The standard InChI is InChI=1S/C17H17N3O3S/c21-24(22,16-11-19-17-13(16)6-3-9-18-17)20-14-7-4-10-23-15-8-2-1-5-12(14)15/h1-3,5-6,8-9,11,14,20H,4,7,10H2,(H,18,19)/t14-/m0/s1. The van der Waals surface area contributed by atoms with Crippen molar-refractivity contribution in [2.75, 3.05) is 6.61 Å². The Labute approximate surface area is 139 Å². The first-order valence-corrected chi connectivity index (χ1v) is 9.29. The summed E-state index contributed by atoms with van der Waals surface area (Å²) in [5, 5.41) is 0.586. The number of H-pyrrole nitrogens is 1. The first-order chi connectivity index (χ1) is 11.6. The molecule has 0 fully saturated rings. The first kappa shape index (κ1) is 15.2. The van der Waals surface area contributed by atoms with Crippen molar-refractivity contribution in [2.45, 2.75) is 23.8 Å². The fourth-order valence-electron chi connectivity index (χ4n) is 3.05. The van der Waals surface area contributed by atoms with Crippen LogP contribution in [0.1, 0.15) is 24.4 Å². The molecule has 4 rings (SSSR count). The van der Waals surface area contributed by atoms with Crippen LogP contribution in [0.25, 0.3) is 11.0 Å². The summed E-state index contributed by atoms with van der Waals surface area (Å²) in [4.78, 5) is 7.27. The summed E-state index contributed by atoms with van der Waals surface area (Å²) in [5.41, 5.74) is 1.43.